The van der Waals surface area contributed by atoms with Crippen LogP contribution in [-0.2, 0) is 9.59 Å². The Morgan fingerprint density at radius 3 is 2.61 bits per heavy atom. The molecule has 18 heavy (non-hydrogen) atoms. The molecule has 0 spiro atoms. The molecule has 3 N–H and O–H groups in total. The SMILES string of the molecule is CCC(C)(C)NC(=O)CN1CCCCC1C(N)=O. The van der Waals surface area contributed by atoms with E-state index in [9.17, 15) is 9.59 Å². The van der Waals surface area contributed by atoms with Crippen LogP contribution in [0, 0.1) is 0 Å². The van der Waals surface area contributed by atoms with Gasteiger partial charge in [-0.25, -0.2) is 0 Å². The average molecular weight is 255 g/mol. The molecule has 1 heterocycles. The molecular weight excluding hydrogens is 230 g/mol. The zero-order valence-electron chi connectivity index (χ0n) is 11.7. The van der Waals surface area contributed by atoms with Crippen molar-refractivity contribution >= 4 is 11.8 Å². The third-order valence-corrected chi connectivity index (χ3v) is 3.65. The number of hydrogen-bond acceptors (Lipinski definition) is 3. The van der Waals surface area contributed by atoms with Crippen LogP contribution >= 0.6 is 0 Å². The first-order valence-corrected chi connectivity index (χ1v) is 6.70. The van der Waals surface area contributed by atoms with Gasteiger partial charge in [0.2, 0.25) is 11.8 Å². The number of carbonyl (C=O) groups is 2. The van der Waals surface area contributed by atoms with E-state index in [1.807, 2.05) is 25.7 Å². The summed E-state index contributed by atoms with van der Waals surface area (Å²) in [6.07, 6.45) is 3.66. The Labute approximate surface area is 109 Å². The Kier molecular flexibility index (Phi) is 5.14. The summed E-state index contributed by atoms with van der Waals surface area (Å²) in [7, 11) is 0. The number of nitrogens with zero attached hydrogens (tertiary/aromatic N) is 1. The normalized spacial score (nSPS) is 21.6. The highest BCUT2D eigenvalue weighted by molar-refractivity contribution is 5.82. The maximum absolute atomic E-state index is 11.9. The maximum Gasteiger partial charge on any atom is 0.234 e. The summed E-state index contributed by atoms with van der Waals surface area (Å²) >= 11 is 0. The van der Waals surface area contributed by atoms with E-state index < -0.39 is 0 Å². The molecule has 0 aromatic rings. The second kappa shape index (κ2) is 6.18. The van der Waals surface area contributed by atoms with Crippen LogP contribution in [0.5, 0.6) is 0 Å². The van der Waals surface area contributed by atoms with Gasteiger partial charge in [-0.05, 0) is 39.7 Å². The fraction of sp³-hybridized carbons (Fsp3) is 0.846. The Hall–Kier alpha value is -1.10. The lowest BCUT2D eigenvalue weighted by atomic mass is 10.0. The van der Waals surface area contributed by atoms with Gasteiger partial charge in [-0.2, -0.15) is 0 Å². The highest BCUT2D eigenvalue weighted by Gasteiger charge is 2.29. The number of carbonyl (C=O) groups excluding carboxylic acids is 2. The molecule has 1 rings (SSSR count). The molecule has 104 valence electrons. The molecule has 1 atom stereocenters. The van der Waals surface area contributed by atoms with Crippen molar-refractivity contribution in [2.45, 2.75) is 58.0 Å². The number of hydrogen-bond donors (Lipinski definition) is 2. The van der Waals surface area contributed by atoms with Gasteiger partial charge in [0.1, 0.15) is 0 Å². The molecule has 2 amide bonds. The predicted octanol–water partition coefficient (Wildman–Crippen LogP) is 0.631. The fourth-order valence-corrected chi connectivity index (χ4v) is 2.19. The lowest BCUT2D eigenvalue weighted by molar-refractivity contribution is -0.128. The third kappa shape index (κ3) is 4.29. The molecule has 1 unspecified atom stereocenters. The topological polar surface area (TPSA) is 75.4 Å². The van der Waals surface area contributed by atoms with Crippen LogP contribution in [0.3, 0.4) is 0 Å². The van der Waals surface area contributed by atoms with Crippen molar-refractivity contribution < 1.29 is 9.59 Å². The van der Waals surface area contributed by atoms with Crippen LogP contribution < -0.4 is 11.1 Å². The van der Waals surface area contributed by atoms with Gasteiger partial charge in [-0.15, -0.1) is 0 Å². The van der Waals surface area contributed by atoms with Gasteiger partial charge in [-0.3, -0.25) is 14.5 Å². The molecule has 0 aliphatic carbocycles. The number of nitrogens with one attached hydrogen (secondary N) is 1. The highest BCUT2D eigenvalue weighted by Crippen LogP contribution is 2.16. The zero-order chi connectivity index (χ0) is 13.8. The van der Waals surface area contributed by atoms with Gasteiger partial charge < -0.3 is 11.1 Å². The fourth-order valence-electron chi connectivity index (χ4n) is 2.19. The standard InChI is InChI=1S/C13H25N3O2/c1-4-13(2,3)15-11(17)9-16-8-6-5-7-10(16)12(14)18/h10H,4-9H2,1-3H3,(H2,14,18)(H,15,17). The summed E-state index contributed by atoms with van der Waals surface area (Å²) in [6, 6.07) is -0.283. The monoisotopic (exact) mass is 255 g/mol. The molecule has 0 saturated carbocycles. The van der Waals surface area contributed by atoms with Crippen LogP contribution in [0.25, 0.3) is 0 Å². The van der Waals surface area contributed by atoms with E-state index in [4.69, 9.17) is 5.73 Å². The van der Waals surface area contributed by atoms with Gasteiger partial charge in [0.15, 0.2) is 0 Å². The van der Waals surface area contributed by atoms with E-state index in [-0.39, 0.29) is 29.9 Å². The second-order valence-corrected chi connectivity index (χ2v) is 5.67. The average Bonchev–Trinajstić information content (AvgIpc) is 2.28. The summed E-state index contributed by atoms with van der Waals surface area (Å²) < 4.78 is 0. The summed E-state index contributed by atoms with van der Waals surface area (Å²) in [6.45, 7) is 7.05. The van der Waals surface area contributed by atoms with Crippen molar-refractivity contribution in [1.29, 1.82) is 0 Å². The molecule has 0 radical (unpaired) electrons. The van der Waals surface area contributed by atoms with E-state index in [0.29, 0.717) is 0 Å². The quantitative estimate of drug-likeness (QED) is 0.756. The van der Waals surface area contributed by atoms with Crippen molar-refractivity contribution in [3.05, 3.63) is 0 Å². The van der Waals surface area contributed by atoms with Crippen LogP contribution in [0.4, 0.5) is 0 Å². The predicted molar refractivity (Wildman–Crippen MR) is 70.9 cm³/mol. The molecule has 0 bridgehead atoms. The Morgan fingerprint density at radius 2 is 2.06 bits per heavy atom. The van der Waals surface area contributed by atoms with Crippen molar-refractivity contribution in [1.82, 2.24) is 10.2 Å². The molecule has 0 aromatic carbocycles. The first-order valence-electron chi connectivity index (χ1n) is 6.70. The van der Waals surface area contributed by atoms with Gasteiger partial charge in [0.25, 0.3) is 0 Å². The molecule has 5 nitrogen and oxygen atoms in total. The highest BCUT2D eigenvalue weighted by atomic mass is 16.2. The Morgan fingerprint density at radius 1 is 1.39 bits per heavy atom. The van der Waals surface area contributed by atoms with Gasteiger partial charge >= 0.3 is 0 Å². The maximum atomic E-state index is 11.9. The van der Waals surface area contributed by atoms with Crippen LogP contribution in [0.1, 0.15) is 46.5 Å². The van der Waals surface area contributed by atoms with Crippen molar-refractivity contribution in [2.24, 2.45) is 5.73 Å². The summed E-state index contributed by atoms with van der Waals surface area (Å²) in [5.41, 5.74) is 5.18. The van der Waals surface area contributed by atoms with Crippen LogP contribution in [0.15, 0.2) is 0 Å². The number of likely N-dealkylation sites (tertiary alicyclic amines) is 1. The Bertz CT molecular complexity index is 315. The van der Waals surface area contributed by atoms with E-state index in [1.54, 1.807) is 0 Å². The summed E-state index contributed by atoms with van der Waals surface area (Å²) in [4.78, 5) is 25.2. The molecule has 1 saturated heterocycles. The summed E-state index contributed by atoms with van der Waals surface area (Å²) in [5.74, 6) is -0.354. The minimum absolute atomic E-state index is 0.0324. The van der Waals surface area contributed by atoms with Crippen molar-refractivity contribution in [3.63, 3.8) is 0 Å². The van der Waals surface area contributed by atoms with Crippen LogP contribution in [0.2, 0.25) is 0 Å². The number of nitrogens with two attached hydrogens (primary N) is 1. The van der Waals surface area contributed by atoms with E-state index >= 15 is 0 Å². The van der Waals surface area contributed by atoms with Crippen molar-refractivity contribution in [3.8, 4) is 0 Å². The van der Waals surface area contributed by atoms with E-state index in [2.05, 4.69) is 5.32 Å². The minimum atomic E-state index is -0.322. The number of amides is 2. The number of piperidine rings is 1. The number of primary amides is 1. The molecular formula is C13H25N3O2. The van der Waals surface area contributed by atoms with Gasteiger partial charge in [0.05, 0.1) is 12.6 Å². The van der Waals surface area contributed by atoms with Crippen molar-refractivity contribution in [2.75, 3.05) is 13.1 Å². The first-order chi connectivity index (χ1) is 8.35. The zero-order valence-corrected chi connectivity index (χ0v) is 11.7. The molecule has 1 aliphatic heterocycles. The van der Waals surface area contributed by atoms with Gasteiger partial charge in [0, 0.05) is 5.54 Å². The van der Waals surface area contributed by atoms with Crippen LogP contribution in [-0.4, -0.2) is 41.4 Å². The largest absolute Gasteiger partial charge is 0.368 e. The van der Waals surface area contributed by atoms with Gasteiger partial charge in [-0.1, -0.05) is 13.3 Å². The smallest absolute Gasteiger partial charge is 0.234 e. The molecule has 1 fully saturated rings. The molecule has 0 aromatic heterocycles. The third-order valence-electron chi connectivity index (χ3n) is 3.65. The molecule has 5 heteroatoms. The van der Waals surface area contributed by atoms with E-state index in [0.717, 1.165) is 32.2 Å². The Balaban J connectivity index is 2.54. The minimum Gasteiger partial charge on any atom is -0.368 e. The lowest BCUT2D eigenvalue weighted by Crippen LogP contribution is -2.53. The molecule has 1 aliphatic rings. The lowest BCUT2D eigenvalue weighted by Gasteiger charge is -2.34. The van der Waals surface area contributed by atoms with E-state index in [1.165, 1.54) is 0 Å². The second-order valence-electron chi connectivity index (χ2n) is 5.67. The summed E-state index contributed by atoms with van der Waals surface area (Å²) in [5, 5.41) is 2.98. The first kappa shape index (κ1) is 15.0. The number of rotatable bonds is 5.